The van der Waals surface area contributed by atoms with E-state index in [-0.39, 0.29) is 11.9 Å². The van der Waals surface area contributed by atoms with Crippen LogP contribution < -0.4 is 0 Å². The molecule has 0 N–H and O–H groups in total. The molecule has 0 saturated carbocycles. The van der Waals surface area contributed by atoms with Crippen LogP contribution in [0.3, 0.4) is 0 Å². The highest BCUT2D eigenvalue weighted by Gasteiger charge is 2.29. The Morgan fingerprint density at radius 3 is 2.84 bits per heavy atom. The van der Waals surface area contributed by atoms with Gasteiger partial charge in [-0.1, -0.05) is 18.2 Å². The number of rotatable bonds is 3. The van der Waals surface area contributed by atoms with Gasteiger partial charge in [-0.25, -0.2) is 4.98 Å². The van der Waals surface area contributed by atoms with Gasteiger partial charge in [0.05, 0.1) is 22.8 Å². The molecule has 2 aromatic heterocycles. The number of hydrogen-bond donors (Lipinski definition) is 0. The number of carbonyl (C=O) groups excluding carboxylic acids is 1. The molecule has 0 radical (unpaired) electrons. The van der Waals surface area contributed by atoms with Crippen LogP contribution in [0.2, 0.25) is 0 Å². The molecule has 0 spiro atoms. The van der Waals surface area contributed by atoms with Gasteiger partial charge in [0.2, 0.25) is 5.91 Å². The molecule has 0 unspecified atom stereocenters. The summed E-state index contributed by atoms with van der Waals surface area (Å²) in [6.07, 6.45) is 4.98. The lowest BCUT2D eigenvalue weighted by Gasteiger charge is -2.35. The van der Waals surface area contributed by atoms with Crippen LogP contribution in [-0.4, -0.2) is 31.9 Å². The lowest BCUT2D eigenvalue weighted by molar-refractivity contribution is -0.135. The third-order valence-corrected chi connectivity index (χ3v) is 4.99. The largest absolute Gasteiger partial charge is 0.333 e. The number of piperidine rings is 1. The van der Waals surface area contributed by atoms with E-state index in [9.17, 15) is 4.79 Å². The first-order valence-electron chi connectivity index (χ1n) is 8.86. The van der Waals surface area contributed by atoms with Gasteiger partial charge in [0.25, 0.3) is 0 Å². The van der Waals surface area contributed by atoms with E-state index in [4.69, 9.17) is 0 Å². The number of pyridine rings is 1. The molecule has 1 aliphatic rings. The Balaban J connectivity index is 1.61. The van der Waals surface area contributed by atoms with Crippen molar-refractivity contribution in [1.82, 2.24) is 19.4 Å². The summed E-state index contributed by atoms with van der Waals surface area (Å²) in [5.74, 6) is 1.02. The Morgan fingerprint density at radius 2 is 2.00 bits per heavy atom. The molecule has 5 heteroatoms. The highest BCUT2D eigenvalue weighted by Crippen LogP contribution is 2.30. The number of aryl methyl sites for hydroxylation is 1. The zero-order valence-corrected chi connectivity index (χ0v) is 14.4. The van der Waals surface area contributed by atoms with Crippen LogP contribution in [0.25, 0.3) is 11.0 Å². The maximum Gasteiger partial charge on any atom is 0.243 e. The molecule has 1 amide bonds. The second kappa shape index (κ2) is 6.67. The number of para-hydroxylation sites is 2. The lowest BCUT2D eigenvalue weighted by Crippen LogP contribution is -2.40. The number of amides is 1. The lowest BCUT2D eigenvalue weighted by atomic mass is 9.98. The molecule has 1 saturated heterocycles. The number of hydrogen-bond acceptors (Lipinski definition) is 3. The molecule has 3 heterocycles. The van der Waals surface area contributed by atoms with Gasteiger partial charge in [0, 0.05) is 12.7 Å². The smallest absolute Gasteiger partial charge is 0.243 e. The van der Waals surface area contributed by atoms with E-state index in [0.717, 1.165) is 48.4 Å². The monoisotopic (exact) mass is 334 g/mol. The number of likely N-dealkylation sites (tertiary alicyclic amines) is 1. The summed E-state index contributed by atoms with van der Waals surface area (Å²) in [6.45, 7) is 3.08. The van der Waals surface area contributed by atoms with Crippen LogP contribution in [0.4, 0.5) is 0 Å². The highest BCUT2D eigenvalue weighted by molar-refractivity contribution is 5.81. The quantitative estimate of drug-likeness (QED) is 0.737. The van der Waals surface area contributed by atoms with Gasteiger partial charge in [0.15, 0.2) is 0 Å². The van der Waals surface area contributed by atoms with Gasteiger partial charge in [-0.3, -0.25) is 9.78 Å². The van der Waals surface area contributed by atoms with Crippen molar-refractivity contribution in [2.24, 2.45) is 0 Å². The van der Waals surface area contributed by atoms with E-state index in [1.54, 1.807) is 6.20 Å². The van der Waals surface area contributed by atoms with Gasteiger partial charge in [-0.2, -0.15) is 0 Å². The highest BCUT2D eigenvalue weighted by atomic mass is 16.2. The molecule has 3 aromatic rings. The van der Waals surface area contributed by atoms with Gasteiger partial charge in [-0.05, 0) is 50.5 Å². The second-order valence-electron chi connectivity index (χ2n) is 6.59. The first-order valence-corrected chi connectivity index (χ1v) is 8.86. The van der Waals surface area contributed by atoms with Crippen LogP contribution in [0.15, 0.2) is 48.7 Å². The first-order chi connectivity index (χ1) is 12.2. The molecule has 128 valence electrons. The Morgan fingerprint density at radius 1 is 1.16 bits per heavy atom. The van der Waals surface area contributed by atoms with Crippen LogP contribution in [0.1, 0.15) is 36.8 Å². The third-order valence-electron chi connectivity index (χ3n) is 4.99. The number of imidazole rings is 1. The van der Waals surface area contributed by atoms with E-state index >= 15 is 0 Å². The summed E-state index contributed by atoms with van der Waals surface area (Å²) in [5.41, 5.74) is 2.94. The minimum absolute atomic E-state index is 0.0811. The van der Waals surface area contributed by atoms with Crippen LogP contribution in [0.5, 0.6) is 0 Å². The van der Waals surface area contributed by atoms with Crippen molar-refractivity contribution in [2.45, 2.75) is 38.8 Å². The summed E-state index contributed by atoms with van der Waals surface area (Å²) in [7, 11) is 0. The van der Waals surface area contributed by atoms with E-state index in [2.05, 4.69) is 9.97 Å². The summed E-state index contributed by atoms with van der Waals surface area (Å²) in [5, 5.41) is 0. The van der Waals surface area contributed by atoms with Crippen molar-refractivity contribution in [2.75, 3.05) is 6.54 Å². The van der Waals surface area contributed by atoms with Gasteiger partial charge in [0.1, 0.15) is 12.4 Å². The fourth-order valence-electron chi connectivity index (χ4n) is 3.73. The Bertz CT molecular complexity index is 887. The number of carbonyl (C=O) groups is 1. The Labute approximate surface area is 147 Å². The Kier molecular flexibility index (Phi) is 4.22. The number of nitrogens with zero attached hydrogens (tertiary/aromatic N) is 4. The standard InChI is InChI=1S/C20H22N4O/c1-15-22-17-9-2-3-10-19(17)24(15)14-20(25)23-13-7-5-11-18(23)16-8-4-6-12-21-16/h2-4,6,8-10,12,18H,5,7,11,13-14H2,1H3/t18-/m1/s1. The second-order valence-corrected chi connectivity index (χ2v) is 6.59. The molecule has 5 nitrogen and oxygen atoms in total. The normalized spacial score (nSPS) is 17.8. The van der Waals surface area contributed by atoms with E-state index < -0.39 is 0 Å². The summed E-state index contributed by atoms with van der Waals surface area (Å²) in [4.78, 5) is 24.1. The zero-order chi connectivity index (χ0) is 17.2. The average Bonchev–Trinajstić information content (AvgIpc) is 2.98. The molecule has 0 bridgehead atoms. The maximum atomic E-state index is 13.1. The number of aromatic nitrogens is 3. The van der Waals surface area contributed by atoms with Gasteiger partial charge < -0.3 is 9.47 Å². The average molecular weight is 334 g/mol. The van der Waals surface area contributed by atoms with Crippen LogP contribution >= 0.6 is 0 Å². The molecule has 1 fully saturated rings. The van der Waals surface area contributed by atoms with Crippen molar-refractivity contribution in [3.63, 3.8) is 0 Å². The third kappa shape index (κ3) is 3.02. The number of benzene rings is 1. The van der Waals surface area contributed by atoms with Crippen molar-refractivity contribution < 1.29 is 4.79 Å². The van der Waals surface area contributed by atoms with Gasteiger partial charge in [-0.15, -0.1) is 0 Å². The molecule has 1 atom stereocenters. The summed E-state index contributed by atoms with van der Waals surface area (Å²) >= 11 is 0. The SMILES string of the molecule is Cc1nc2ccccc2n1CC(=O)N1CCCC[C@@H]1c1ccccn1. The van der Waals surface area contributed by atoms with Crippen molar-refractivity contribution in [3.05, 3.63) is 60.2 Å². The van der Waals surface area contributed by atoms with Gasteiger partial charge >= 0.3 is 0 Å². The predicted molar refractivity (Wildman–Crippen MR) is 97.0 cm³/mol. The number of fused-ring (bicyclic) bond motifs is 1. The first kappa shape index (κ1) is 15.8. The van der Waals surface area contributed by atoms with Crippen molar-refractivity contribution >= 4 is 16.9 Å². The topological polar surface area (TPSA) is 51.0 Å². The van der Waals surface area contributed by atoms with Crippen LogP contribution in [-0.2, 0) is 11.3 Å². The summed E-state index contributed by atoms with van der Waals surface area (Å²) in [6, 6.07) is 14.0. The fourth-order valence-corrected chi connectivity index (χ4v) is 3.73. The fraction of sp³-hybridized carbons (Fsp3) is 0.350. The Hall–Kier alpha value is -2.69. The van der Waals surface area contributed by atoms with Crippen molar-refractivity contribution in [3.8, 4) is 0 Å². The van der Waals surface area contributed by atoms with Crippen LogP contribution in [0, 0.1) is 6.92 Å². The van der Waals surface area contributed by atoms with Crippen molar-refractivity contribution in [1.29, 1.82) is 0 Å². The summed E-state index contributed by atoms with van der Waals surface area (Å²) < 4.78 is 2.02. The predicted octanol–water partition coefficient (Wildman–Crippen LogP) is 3.49. The maximum absolute atomic E-state index is 13.1. The molecule has 1 aliphatic heterocycles. The molecule has 0 aliphatic carbocycles. The van der Waals surface area contributed by atoms with E-state index in [0.29, 0.717) is 6.54 Å². The van der Waals surface area contributed by atoms with E-state index in [1.807, 2.05) is 58.9 Å². The molecule has 1 aromatic carbocycles. The van der Waals surface area contributed by atoms with E-state index in [1.165, 1.54) is 0 Å². The molecular formula is C20H22N4O. The molecule has 25 heavy (non-hydrogen) atoms. The minimum Gasteiger partial charge on any atom is -0.333 e. The molecule has 4 rings (SSSR count). The zero-order valence-electron chi connectivity index (χ0n) is 14.4. The minimum atomic E-state index is 0.0811. The molecular weight excluding hydrogens is 312 g/mol.